The van der Waals surface area contributed by atoms with E-state index in [1.54, 1.807) is 0 Å². The van der Waals surface area contributed by atoms with Crippen molar-refractivity contribution < 1.29 is 9.90 Å². The number of piperazine rings is 1. The molecule has 0 radical (unpaired) electrons. The molecule has 1 heterocycles. The zero-order valence-corrected chi connectivity index (χ0v) is 16.5. The molecule has 1 spiro atoms. The van der Waals surface area contributed by atoms with E-state index in [-0.39, 0.29) is 11.3 Å². The Labute approximate surface area is 158 Å². The first-order valence-electron chi connectivity index (χ1n) is 10.1. The monoisotopic (exact) mass is 358 g/mol. The first-order chi connectivity index (χ1) is 12.3. The van der Waals surface area contributed by atoms with Crippen LogP contribution in [0.25, 0.3) is 0 Å². The highest BCUT2D eigenvalue weighted by molar-refractivity contribution is 5.87. The van der Waals surface area contributed by atoms with Crippen molar-refractivity contribution in [2.75, 3.05) is 6.54 Å². The second-order valence-electron chi connectivity index (χ2n) is 9.09. The summed E-state index contributed by atoms with van der Waals surface area (Å²) in [6, 6.07) is 10.1. The molecule has 1 aliphatic carbocycles. The highest BCUT2D eigenvalue weighted by Gasteiger charge is 2.48. The van der Waals surface area contributed by atoms with Crippen molar-refractivity contribution in [3.63, 3.8) is 0 Å². The van der Waals surface area contributed by atoms with E-state index in [0.717, 1.165) is 37.7 Å². The quantitative estimate of drug-likeness (QED) is 0.866. The van der Waals surface area contributed by atoms with E-state index < -0.39 is 11.8 Å². The maximum absolute atomic E-state index is 13.5. The number of hydrogen-bond acceptors (Lipinski definition) is 3. The lowest BCUT2D eigenvalue weighted by Crippen LogP contribution is -2.68. The first-order valence-corrected chi connectivity index (χ1v) is 10.1. The average Bonchev–Trinajstić information content (AvgIpc) is 2.60. The zero-order valence-electron chi connectivity index (χ0n) is 16.5. The van der Waals surface area contributed by atoms with Gasteiger partial charge >= 0.3 is 0 Å². The molecule has 3 atom stereocenters. The molecule has 144 valence electrons. The van der Waals surface area contributed by atoms with Crippen molar-refractivity contribution >= 4 is 5.91 Å². The molecule has 4 heteroatoms. The molecule has 3 rings (SSSR count). The minimum atomic E-state index is -0.654. The fourth-order valence-corrected chi connectivity index (χ4v) is 4.78. The molecule has 1 saturated heterocycles. The Balaban J connectivity index is 1.82. The van der Waals surface area contributed by atoms with Crippen LogP contribution in [0.2, 0.25) is 0 Å². The van der Waals surface area contributed by atoms with Crippen molar-refractivity contribution in [2.24, 2.45) is 11.3 Å². The van der Waals surface area contributed by atoms with E-state index in [0.29, 0.717) is 19.0 Å². The Bertz CT molecular complexity index is 616. The third-order valence-electron chi connectivity index (χ3n) is 6.38. The molecule has 1 aliphatic heterocycles. The number of carbonyl (C=O) groups excluding carboxylic acids is 1. The summed E-state index contributed by atoms with van der Waals surface area (Å²) in [6.07, 6.45) is 5.41. The lowest BCUT2D eigenvalue weighted by Gasteiger charge is -2.48. The molecule has 1 aromatic carbocycles. The summed E-state index contributed by atoms with van der Waals surface area (Å²) in [7, 11) is 0. The van der Waals surface area contributed by atoms with Crippen LogP contribution in [-0.2, 0) is 11.3 Å². The Morgan fingerprint density at radius 3 is 2.62 bits per heavy atom. The van der Waals surface area contributed by atoms with Gasteiger partial charge in [0.1, 0.15) is 11.8 Å². The normalized spacial score (nSPS) is 32.3. The Kier molecular flexibility index (Phi) is 5.73. The van der Waals surface area contributed by atoms with Crippen molar-refractivity contribution in [3.05, 3.63) is 35.9 Å². The van der Waals surface area contributed by atoms with Gasteiger partial charge in [-0.1, -0.05) is 57.5 Å². The molecule has 1 saturated carbocycles. The second-order valence-corrected chi connectivity index (χ2v) is 9.09. The number of amides is 1. The lowest BCUT2D eigenvalue weighted by molar-refractivity contribution is -0.151. The third-order valence-corrected chi connectivity index (χ3v) is 6.38. The molecule has 2 N–H and O–H groups in total. The van der Waals surface area contributed by atoms with Gasteiger partial charge in [-0.05, 0) is 49.0 Å². The predicted octanol–water partition coefficient (Wildman–Crippen LogP) is 3.69. The highest BCUT2D eigenvalue weighted by Crippen LogP contribution is 2.42. The van der Waals surface area contributed by atoms with Gasteiger partial charge < -0.3 is 10.0 Å². The van der Waals surface area contributed by atoms with E-state index in [9.17, 15) is 9.90 Å². The number of nitrogens with one attached hydrogen (secondary N) is 1. The molecule has 1 amide bonds. The SMILES string of the molecule is CCC1CCC2(CCC(C)(C)C1)NC(O)CN(Cc1ccccc1)C2=O. The average molecular weight is 359 g/mol. The maximum atomic E-state index is 13.5. The smallest absolute Gasteiger partial charge is 0.243 e. The molecule has 0 aromatic heterocycles. The summed E-state index contributed by atoms with van der Waals surface area (Å²) in [6.45, 7) is 7.82. The third kappa shape index (κ3) is 4.29. The molecular weight excluding hydrogens is 324 g/mol. The van der Waals surface area contributed by atoms with Gasteiger partial charge in [-0.25, -0.2) is 0 Å². The molecule has 2 aliphatic rings. The van der Waals surface area contributed by atoms with E-state index >= 15 is 0 Å². The number of hydrogen-bond donors (Lipinski definition) is 2. The number of rotatable bonds is 3. The van der Waals surface area contributed by atoms with Crippen molar-refractivity contribution in [1.82, 2.24) is 10.2 Å². The van der Waals surface area contributed by atoms with Crippen molar-refractivity contribution in [3.8, 4) is 0 Å². The number of benzene rings is 1. The van der Waals surface area contributed by atoms with Gasteiger partial charge in [0, 0.05) is 6.54 Å². The molecule has 0 bridgehead atoms. The standard InChI is InChI=1S/C22H34N2O2/c1-4-17-10-11-22(13-12-21(2,3)14-17)20(26)24(16-19(25)23-22)15-18-8-6-5-7-9-18/h5-9,17,19,23,25H,4,10-16H2,1-3H3. The molecular formula is C22H34N2O2. The van der Waals surface area contributed by atoms with Gasteiger partial charge in [-0.15, -0.1) is 0 Å². The van der Waals surface area contributed by atoms with Gasteiger partial charge in [0.05, 0.1) is 6.54 Å². The summed E-state index contributed by atoms with van der Waals surface area (Å²) < 4.78 is 0. The second kappa shape index (κ2) is 7.69. The molecule has 26 heavy (non-hydrogen) atoms. The highest BCUT2D eigenvalue weighted by atomic mass is 16.3. The van der Waals surface area contributed by atoms with Crippen LogP contribution in [0, 0.1) is 11.3 Å². The van der Waals surface area contributed by atoms with E-state index in [1.807, 2.05) is 35.2 Å². The predicted molar refractivity (Wildman–Crippen MR) is 104 cm³/mol. The van der Waals surface area contributed by atoms with Crippen molar-refractivity contribution in [2.45, 2.75) is 77.6 Å². The summed E-state index contributed by atoms with van der Waals surface area (Å²) in [5, 5.41) is 13.8. The van der Waals surface area contributed by atoms with Crippen LogP contribution in [0.15, 0.2) is 30.3 Å². The number of aliphatic hydroxyl groups is 1. The first kappa shape index (κ1) is 19.4. The van der Waals surface area contributed by atoms with Gasteiger partial charge in [0.2, 0.25) is 5.91 Å². The van der Waals surface area contributed by atoms with Crippen LogP contribution < -0.4 is 5.32 Å². The van der Waals surface area contributed by atoms with Crippen LogP contribution in [0.5, 0.6) is 0 Å². The molecule has 4 nitrogen and oxygen atoms in total. The Morgan fingerprint density at radius 2 is 1.92 bits per heavy atom. The number of nitrogens with zero attached hydrogens (tertiary/aromatic N) is 1. The molecule has 2 fully saturated rings. The summed E-state index contributed by atoms with van der Waals surface area (Å²) in [5.74, 6) is 0.817. The maximum Gasteiger partial charge on any atom is 0.243 e. The van der Waals surface area contributed by atoms with Gasteiger partial charge in [-0.3, -0.25) is 10.1 Å². The van der Waals surface area contributed by atoms with Crippen LogP contribution in [0.3, 0.4) is 0 Å². The van der Waals surface area contributed by atoms with Crippen molar-refractivity contribution in [1.29, 1.82) is 0 Å². The lowest BCUT2D eigenvalue weighted by atomic mass is 9.69. The van der Waals surface area contributed by atoms with E-state index in [2.05, 4.69) is 26.1 Å². The van der Waals surface area contributed by atoms with Gasteiger partial charge in [0.15, 0.2) is 0 Å². The van der Waals surface area contributed by atoms with E-state index in [4.69, 9.17) is 0 Å². The fourth-order valence-electron chi connectivity index (χ4n) is 4.78. The number of β-amino-alcohol motifs (C(OH)–C–C–N with tert-alkyl or cyclic N) is 1. The summed E-state index contributed by atoms with van der Waals surface area (Å²) in [4.78, 5) is 15.3. The fraction of sp³-hybridized carbons (Fsp3) is 0.682. The zero-order chi connectivity index (χ0) is 18.8. The Morgan fingerprint density at radius 1 is 1.19 bits per heavy atom. The minimum absolute atomic E-state index is 0.166. The van der Waals surface area contributed by atoms with Gasteiger partial charge in [0.25, 0.3) is 0 Å². The largest absolute Gasteiger partial charge is 0.377 e. The van der Waals surface area contributed by atoms with Crippen LogP contribution in [-0.4, -0.2) is 34.2 Å². The van der Waals surface area contributed by atoms with E-state index in [1.165, 1.54) is 6.42 Å². The van der Waals surface area contributed by atoms with Crippen LogP contribution >= 0.6 is 0 Å². The van der Waals surface area contributed by atoms with Crippen LogP contribution in [0.1, 0.15) is 64.9 Å². The summed E-state index contributed by atoms with van der Waals surface area (Å²) >= 11 is 0. The molecule has 3 unspecified atom stereocenters. The van der Waals surface area contributed by atoms with Gasteiger partial charge in [-0.2, -0.15) is 0 Å². The van der Waals surface area contributed by atoms with Crippen LogP contribution in [0.4, 0.5) is 0 Å². The minimum Gasteiger partial charge on any atom is -0.377 e. The number of carbonyl (C=O) groups is 1. The molecule has 1 aromatic rings. The Hall–Kier alpha value is -1.39. The summed E-state index contributed by atoms with van der Waals surface area (Å²) in [5.41, 5.74) is 0.739. The topological polar surface area (TPSA) is 52.6 Å². The number of aliphatic hydroxyl groups excluding tert-OH is 1.